The van der Waals surface area contributed by atoms with Crippen LogP contribution in [-0.4, -0.2) is 30.2 Å². The standard InChI is InChI=1S/C21H26N6O/c1-2-3-12-26-18-9-11-23-14-19(18)27(21(26)28)15-20-24-16-7-4-5-8-17(16)25(20)13-6-10-22/h4-5,7-9,11,14H,2-3,6,10,12-13,15,22H2,1H3. The number of imidazole rings is 2. The molecule has 7 heteroatoms. The van der Waals surface area contributed by atoms with Crippen molar-refractivity contribution in [3.8, 4) is 0 Å². The second-order valence-corrected chi connectivity index (χ2v) is 7.05. The second-order valence-electron chi connectivity index (χ2n) is 7.05. The van der Waals surface area contributed by atoms with Crippen molar-refractivity contribution in [1.29, 1.82) is 0 Å². The molecule has 0 saturated carbocycles. The fraction of sp³-hybridized carbons (Fsp3) is 0.381. The van der Waals surface area contributed by atoms with E-state index in [-0.39, 0.29) is 5.69 Å². The summed E-state index contributed by atoms with van der Waals surface area (Å²) in [6.45, 7) is 4.66. The summed E-state index contributed by atoms with van der Waals surface area (Å²) in [4.78, 5) is 22.2. The first-order valence-electron chi connectivity index (χ1n) is 9.92. The highest BCUT2D eigenvalue weighted by molar-refractivity contribution is 5.77. The number of rotatable bonds is 8. The minimum absolute atomic E-state index is 0.00567. The summed E-state index contributed by atoms with van der Waals surface area (Å²) in [5.41, 5.74) is 9.53. The predicted molar refractivity (Wildman–Crippen MR) is 111 cm³/mol. The fourth-order valence-electron chi connectivity index (χ4n) is 3.74. The maximum atomic E-state index is 13.2. The Labute approximate surface area is 163 Å². The van der Waals surface area contributed by atoms with Gasteiger partial charge in [-0.2, -0.15) is 0 Å². The van der Waals surface area contributed by atoms with Gasteiger partial charge in [0.25, 0.3) is 0 Å². The predicted octanol–water partition coefficient (Wildman–Crippen LogP) is 2.74. The molecule has 146 valence electrons. The Balaban J connectivity index is 1.82. The number of para-hydroxylation sites is 2. The van der Waals surface area contributed by atoms with Crippen molar-refractivity contribution < 1.29 is 0 Å². The molecule has 2 N–H and O–H groups in total. The quantitative estimate of drug-likeness (QED) is 0.511. The highest BCUT2D eigenvalue weighted by Crippen LogP contribution is 2.19. The Hall–Kier alpha value is -2.93. The zero-order valence-corrected chi connectivity index (χ0v) is 16.2. The molecule has 28 heavy (non-hydrogen) atoms. The van der Waals surface area contributed by atoms with Crippen LogP contribution in [0, 0.1) is 0 Å². The van der Waals surface area contributed by atoms with Crippen LogP contribution in [0.1, 0.15) is 32.0 Å². The van der Waals surface area contributed by atoms with Crippen LogP contribution in [0.15, 0.2) is 47.5 Å². The van der Waals surface area contributed by atoms with Gasteiger partial charge in [-0.25, -0.2) is 9.78 Å². The number of hydrogen-bond acceptors (Lipinski definition) is 4. The molecular weight excluding hydrogens is 352 g/mol. The number of aromatic nitrogens is 5. The molecule has 0 bridgehead atoms. The van der Waals surface area contributed by atoms with Gasteiger partial charge in [0.1, 0.15) is 5.82 Å². The van der Waals surface area contributed by atoms with Gasteiger partial charge in [-0.1, -0.05) is 25.5 Å². The van der Waals surface area contributed by atoms with Crippen molar-refractivity contribution in [2.24, 2.45) is 5.73 Å². The Morgan fingerprint density at radius 3 is 2.61 bits per heavy atom. The van der Waals surface area contributed by atoms with Gasteiger partial charge in [0, 0.05) is 19.3 Å². The van der Waals surface area contributed by atoms with Gasteiger partial charge in [-0.05, 0) is 37.6 Å². The van der Waals surface area contributed by atoms with E-state index in [2.05, 4.69) is 22.5 Å². The molecule has 0 aliphatic heterocycles. The molecule has 0 aliphatic rings. The van der Waals surface area contributed by atoms with Gasteiger partial charge in [-0.15, -0.1) is 0 Å². The van der Waals surface area contributed by atoms with Crippen LogP contribution in [-0.2, 0) is 19.6 Å². The molecule has 0 spiro atoms. The summed E-state index contributed by atoms with van der Waals surface area (Å²) in [5.74, 6) is 0.871. The normalized spacial score (nSPS) is 11.6. The van der Waals surface area contributed by atoms with Gasteiger partial charge < -0.3 is 10.3 Å². The Bertz CT molecular complexity index is 1150. The summed E-state index contributed by atoms with van der Waals surface area (Å²) >= 11 is 0. The average molecular weight is 378 g/mol. The van der Waals surface area contributed by atoms with E-state index in [9.17, 15) is 4.79 Å². The summed E-state index contributed by atoms with van der Waals surface area (Å²) in [7, 11) is 0. The number of unbranched alkanes of at least 4 members (excludes halogenated alkanes) is 1. The molecule has 0 atom stereocenters. The Morgan fingerprint density at radius 1 is 0.964 bits per heavy atom. The lowest BCUT2D eigenvalue weighted by Crippen LogP contribution is -2.26. The topological polar surface area (TPSA) is 83.7 Å². The largest absolute Gasteiger partial charge is 0.330 e. The van der Waals surface area contributed by atoms with Crippen LogP contribution in [0.4, 0.5) is 0 Å². The lowest BCUT2D eigenvalue weighted by Gasteiger charge is -2.09. The van der Waals surface area contributed by atoms with E-state index >= 15 is 0 Å². The van der Waals surface area contributed by atoms with Crippen LogP contribution in [0.5, 0.6) is 0 Å². The third-order valence-electron chi connectivity index (χ3n) is 5.18. The van der Waals surface area contributed by atoms with E-state index < -0.39 is 0 Å². The zero-order chi connectivity index (χ0) is 19.5. The monoisotopic (exact) mass is 378 g/mol. The lowest BCUT2D eigenvalue weighted by atomic mass is 10.3. The summed E-state index contributed by atoms with van der Waals surface area (Å²) < 4.78 is 5.83. The van der Waals surface area contributed by atoms with Gasteiger partial charge in [0.15, 0.2) is 0 Å². The third-order valence-corrected chi connectivity index (χ3v) is 5.18. The first kappa shape index (κ1) is 18.4. The maximum absolute atomic E-state index is 13.2. The molecule has 3 heterocycles. The second kappa shape index (κ2) is 7.98. The van der Waals surface area contributed by atoms with E-state index in [0.717, 1.165) is 53.7 Å². The Kier molecular flexibility index (Phi) is 5.25. The molecule has 0 aliphatic carbocycles. The molecule has 0 saturated heterocycles. The molecule has 1 aromatic carbocycles. The molecule has 0 fully saturated rings. The highest BCUT2D eigenvalue weighted by atomic mass is 16.1. The Morgan fingerprint density at radius 2 is 1.79 bits per heavy atom. The first-order valence-corrected chi connectivity index (χ1v) is 9.92. The average Bonchev–Trinajstić information content (AvgIpc) is 3.20. The number of nitrogens with zero attached hydrogens (tertiary/aromatic N) is 5. The smallest absolute Gasteiger partial charge is 0.329 e. The number of fused-ring (bicyclic) bond motifs is 2. The molecule has 3 aromatic heterocycles. The molecule has 0 radical (unpaired) electrons. The molecule has 4 rings (SSSR count). The molecule has 0 unspecified atom stereocenters. The van der Waals surface area contributed by atoms with Gasteiger partial charge in [-0.3, -0.25) is 14.1 Å². The van der Waals surface area contributed by atoms with Gasteiger partial charge in [0.2, 0.25) is 0 Å². The highest BCUT2D eigenvalue weighted by Gasteiger charge is 2.17. The van der Waals surface area contributed by atoms with Crippen LogP contribution >= 0.6 is 0 Å². The van der Waals surface area contributed by atoms with Crippen molar-refractivity contribution in [2.75, 3.05) is 6.54 Å². The van der Waals surface area contributed by atoms with Crippen molar-refractivity contribution in [3.63, 3.8) is 0 Å². The molecule has 7 nitrogen and oxygen atoms in total. The number of nitrogens with two attached hydrogens (primary N) is 1. The van der Waals surface area contributed by atoms with Crippen molar-refractivity contribution >= 4 is 22.1 Å². The molecular formula is C21H26N6O. The van der Waals surface area contributed by atoms with Crippen molar-refractivity contribution in [1.82, 2.24) is 23.7 Å². The number of hydrogen-bond donors (Lipinski definition) is 1. The zero-order valence-electron chi connectivity index (χ0n) is 16.2. The SMILES string of the molecule is CCCCn1c(=O)n(Cc2nc3ccccc3n2CCCN)c2cnccc21. The minimum atomic E-state index is -0.00567. The van der Waals surface area contributed by atoms with E-state index in [1.165, 1.54) is 0 Å². The summed E-state index contributed by atoms with van der Waals surface area (Å²) in [6.07, 6.45) is 6.38. The van der Waals surface area contributed by atoms with E-state index in [4.69, 9.17) is 10.7 Å². The van der Waals surface area contributed by atoms with E-state index in [0.29, 0.717) is 19.6 Å². The number of pyridine rings is 1. The van der Waals surface area contributed by atoms with E-state index in [1.807, 2.05) is 28.8 Å². The van der Waals surface area contributed by atoms with Gasteiger partial charge >= 0.3 is 5.69 Å². The maximum Gasteiger partial charge on any atom is 0.329 e. The molecule has 4 aromatic rings. The van der Waals surface area contributed by atoms with Crippen LogP contribution in [0.25, 0.3) is 22.1 Å². The minimum Gasteiger partial charge on any atom is -0.330 e. The molecule has 0 amide bonds. The van der Waals surface area contributed by atoms with Crippen molar-refractivity contribution in [3.05, 3.63) is 59.0 Å². The summed E-state index contributed by atoms with van der Waals surface area (Å²) in [5, 5.41) is 0. The van der Waals surface area contributed by atoms with E-state index in [1.54, 1.807) is 17.0 Å². The fourth-order valence-corrected chi connectivity index (χ4v) is 3.74. The number of benzene rings is 1. The van der Waals surface area contributed by atoms with Crippen LogP contribution in [0.2, 0.25) is 0 Å². The third kappa shape index (κ3) is 3.22. The lowest BCUT2D eigenvalue weighted by molar-refractivity contribution is 0.581. The van der Waals surface area contributed by atoms with Gasteiger partial charge in [0.05, 0.1) is 34.8 Å². The summed E-state index contributed by atoms with van der Waals surface area (Å²) in [6, 6.07) is 9.99. The van der Waals surface area contributed by atoms with Crippen LogP contribution < -0.4 is 11.4 Å². The van der Waals surface area contributed by atoms with Crippen molar-refractivity contribution in [2.45, 2.75) is 45.8 Å². The first-order chi connectivity index (χ1) is 13.7. The van der Waals surface area contributed by atoms with Crippen LogP contribution in [0.3, 0.4) is 0 Å². The number of aryl methyl sites for hydroxylation is 2.